The predicted octanol–water partition coefficient (Wildman–Crippen LogP) is 4.30. The van der Waals surface area contributed by atoms with Crippen LogP contribution in [0.3, 0.4) is 0 Å². The lowest BCUT2D eigenvalue weighted by molar-refractivity contribution is 0.0823. The van der Waals surface area contributed by atoms with Gasteiger partial charge in [0.1, 0.15) is 0 Å². The third-order valence-corrected chi connectivity index (χ3v) is 5.33. The standard InChI is InChI=1S/C19H38N2/c1-16(14-21-9-7-6-8-10-21)13-20-17-11-18(2,3)15-19(4,5)12-17/h16-17,20H,6-15H2,1-5H3. The molecule has 0 spiro atoms. The van der Waals surface area contributed by atoms with Crippen LogP contribution < -0.4 is 5.32 Å². The SMILES string of the molecule is CC(CNC1CC(C)(C)CC(C)(C)C1)CN1CCCCC1. The van der Waals surface area contributed by atoms with E-state index in [0.29, 0.717) is 16.9 Å². The Morgan fingerprint density at radius 2 is 1.57 bits per heavy atom. The van der Waals surface area contributed by atoms with E-state index in [1.165, 1.54) is 64.7 Å². The maximum absolute atomic E-state index is 3.90. The Hall–Kier alpha value is -0.0800. The van der Waals surface area contributed by atoms with E-state index in [9.17, 15) is 0 Å². The Labute approximate surface area is 133 Å². The fourth-order valence-electron chi connectivity index (χ4n) is 5.01. The van der Waals surface area contributed by atoms with Crippen LogP contribution in [0, 0.1) is 16.7 Å². The lowest BCUT2D eigenvalue weighted by Gasteiger charge is -2.45. The Morgan fingerprint density at radius 3 is 2.14 bits per heavy atom. The van der Waals surface area contributed by atoms with Gasteiger partial charge in [-0.3, -0.25) is 0 Å². The second kappa shape index (κ2) is 7.00. The van der Waals surface area contributed by atoms with Gasteiger partial charge in [0, 0.05) is 12.6 Å². The van der Waals surface area contributed by atoms with Crippen molar-refractivity contribution in [3.05, 3.63) is 0 Å². The molecule has 2 heteroatoms. The maximum Gasteiger partial charge on any atom is 0.00773 e. The lowest BCUT2D eigenvalue weighted by atomic mass is 9.63. The molecule has 0 bridgehead atoms. The molecule has 1 N–H and O–H groups in total. The largest absolute Gasteiger partial charge is 0.314 e. The molecule has 0 aromatic rings. The Bertz CT molecular complexity index is 300. The van der Waals surface area contributed by atoms with Crippen molar-refractivity contribution in [2.75, 3.05) is 26.2 Å². The van der Waals surface area contributed by atoms with Crippen molar-refractivity contribution in [1.82, 2.24) is 10.2 Å². The number of piperidine rings is 1. The summed E-state index contributed by atoms with van der Waals surface area (Å²) in [5.41, 5.74) is 0.991. The molecule has 0 amide bonds. The molecular weight excluding hydrogens is 256 g/mol. The van der Waals surface area contributed by atoms with E-state index in [4.69, 9.17) is 0 Å². The second-order valence-corrected chi connectivity index (χ2v) is 9.49. The average molecular weight is 295 g/mol. The Kier molecular flexibility index (Phi) is 5.76. The first-order valence-electron chi connectivity index (χ1n) is 9.22. The summed E-state index contributed by atoms with van der Waals surface area (Å²) in [5, 5.41) is 3.90. The van der Waals surface area contributed by atoms with Crippen LogP contribution in [-0.2, 0) is 0 Å². The first kappa shape index (κ1) is 17.3. The van der Waals surface area contributed by atoms with Crippen molar-refractivity contribution >= 4 is 0 Å². The number of hydrogen-bond acceptors (Lipinski definition) is 2. The second-order valence-electron chi connectivity index (χ2n) is 9.49. The van der Waals surface area contributed by atoms with Gasteiger partial charge in [-0.05, 0) is 68.5 Å². The summed E-state index contributed by atoms with van der Waals surface area (Å²) in [6.07, 6.45) is 8.30. The highest BCUT2D eigenvalue weighted by molar-refractivity contribution is 4.92. The van der Waals surface area contributed by atoms with Gasteiger partial charge in [-0.2, -0.15) is 0 Å². The average Bonchev–Trinajstić information content (AvgIpc) is 2.34. The molecule has 1 saturated carbocycles. The Morgan fingerprint density at radius 1 is 1.00 bits per heavy atom. The summed E-state index contributed by atoms with van der Waals surface area (Å²) < 4.78 is 0. The normalized spacial score (nSPS) is 28.4. The zero-order valence-electron chi connectivity index (χ0n) is 15.2. The predicted molar refractivity (Wildman–Crippen MR) is 92.7 cm³/mol. The molecule has 0 radical (unpaired) electrons. The highest BCUT2D eigenvalue weighted by Crippen LogP contribution is 2.45. The molecule has 1 atom stereocenters. The molecular formula is C19H38N2. The van der Waals surface area contributed by atoms with Crippen LogP contribution in [0.25, 0.3) is 0 Å². The van der Waals surface area contributed by atoms with Gasteiger partial charge in [-0.25, -0.2) is 0 Å². The highest BCUT2D eigenvalue weighted by atomic mass is 15.1. The number of hydrogen-bond donors (Lipinski definition) is 1. The lowest BCUT2D eigenvalue weighted by Crippen LogP contribution is -2.46. The van der Waals surface area contributed by atoms with Crippen molar-refractivity contribution in [2.45, 2.75) is 79.2 Å². The van der Waals surface area contributed by atoms with Crippen LogP contribution in [0.15, 0.2) is 0 Å². The van der Waals surface area contributed by atoms with Gasteiger partial charge in [0.2, 0.25) is 0 Å². The van der Waals surface area contributed by atoms with Crippen LogP contribution in [0.1, 0.15) is 73.1 Å². The fourth-order valence-corrected chi connectivity index (χ4v) is 5.01. The quantitative estimate of drug-likeness (QED) is 0.813. The van der Waals surface area contributed by atoms with E-state index >= 15 is 0 Å². The van der Waals surface area contributed by atoms with E-state index in [0.717, 1.165) is 5.92 Å². The van der Waals surface area contributed by atoms with Crippen molar-refractivity contribution in [3.8, 4) is 0 Å². The summed E-state index contributed by atoms with van der Waals surface area (Å²) in [4.78, 5) is 2.67. The van der Waals surface area contributed by atoms with Gasteiger partial charge in [-0.1, -0.05) is 41.0 Å². The summed E-state index contributed by atoms with van der Waals surface area (Å²) in [7, 11) is 0. The Balaban J connectivity index is 1.73. The van der Waals surface area contributed by atoms with Gasteiger partial charge in [0.05, 0.1) is 0 Å². The van der Waals surface area contributed by atoms with Crippen LogP contribution >= 0.6 is 0 Å². The summed E-state index contributed by atoms with van der Waals surface area (Å²) >= 11 is 0. The molecule has 0 aromatic heterocycles. The van der Waals surface area contributed by atoms with Crippen molar-refractivity contribution in [2.24, 2.45) is 16.7 Å². The smallest absolute Gasteiger partial charge is 0.00773 e. The summed E-state index contributed by atoms with van der Waals surface area (Å²) in [5.74, 6) is 0.774. The zero-order valence-corrected chi connectivity index (χ0v) is 15.2. The number of likely N-dealkylation sites (tertiary alicyclic amines) is 1. The van der Waals surface area contributed by atoms with Crippen LogP contribution in [0.2, 0.25) is 0 Å². The van der Waals surface area contributed by atoms with E-state index in [2.05, 4.69) is 44.8 Å². The molecule has 21 heavy (non-hydrogen) atoms. The summed E-state index contributed by atoms with van der Waals surface area (Å²) in [6.45, 7) is 17.3. The maximum atomic E-state index is 3.90. The molecule has 2 nitrogen and oxygen atoms in total. The highest BCUT2D eigenvalue weighted by Gasteiger charge is 2.38. The number of nitrogens with one attached hydrogen (secondary N) is 1. The third kappa shape index (κ3) is 5.90. The molecule has 124 valence electrons. The van der Waals surface area contributed by atoms with E-state index in [-0.39, 0.29) is 0 Å². The molecule has 1 unspecified atom stereocenters. The molecule has 2 fully saturated rings. The zero-order chi connectivity index (χ0) is 15.5. The van der Waals surface area contributed by atoms with Crippen LogP contribution in [0.4, 0.5) is 0 Å². The minimum atomic E-state index is 0.496. The number of rotatable bonds is 5. The molecule has 1 saturated heterocycles. The molecule has 2 aliphatic rings. The van der Waals surface area contributed by atoms with Crippen LogP contribution in [0.5, 0.6) is 0 Å². The fraction of sp³-hybridized carbons (Fsp3) is 1.00. The molecule has 2 rings (SSSR count). The number of nitrogens with zero attached hydrogens (tertiary/aromatic N) is 1. The monoisotopic (exact) mass is 294 g/mol. The van der Waals surface area contributed by atoms with E-state index in [1.807, 2.05) is 0 Å². The molecule has 1 aliphatic heterocycles. The molecule has 1 heterocycles. The molecule has 0 aromatic carbocycles. The van der Waals surface area contributed by atoms with Gasteiger partial charge in [0.15, 0.2) is 0 Å². The van der Waals surface area contributed by atoms with Crippen LogP contribution in [-0.4, -0.2) is 37.1 Å². The third-order valence-electron chi connectivity index (χ3n) is 5.33. The first-order valence-corrected chi connectivity index (χ1v) is 9.22. The van der Waals surface area contributed by atoms with Crippen molar-refractivity contribution < 1.29 is 0 Å². The molecule has 1 aliphatic carbocycles. The minimum Gasteiger partial charge on any atom is -0.314 e. The summed E-state index contributed by atoms with van der Waals surface area (Å²) in [6, 6.07) is 0.715. The topological polar surface area (TPSA) is 15.3 Å². The minimum absolute atomic E-state index is 0.496. The van der Waals surface area contributed by atoms with Gasteiger partial charge in [-0.15, -0.1) is 0 Å². The van der Waals surface area contributed by atoms with Gasteiger partial charge >= 0.3 is 0 Å². The van der Waals surface area contributed by atoms with Gasteiger partial charge in [0.25, 0.3) is 0 Å². The van der Waals surface area contributed by atoms with Crippen molar-refractivity contribution in [3.63, 3.8) is 0 Å². The van der Waals surface area contributed by atoms with Gasteiger partial charge < -0.3 is 10.2 Å². The van der Waals surface area contributed by atoms with E-state index in [1.54, 1.807) is 0 Å². The van der Waals surface area contributed by atoms with Crippen molar-refractivity contribution in [1.29, 1.82) is 0 Å². The van der Waals surface area contributed by atoms with E-state index < -0.39 is 0 Å². The first-order chi connectivity index (χ1) is 9.76.